The molecule has 1 N–H and O–H groups in total. The summed E-state index contributed by atoms with van der Waals surface area (Å²) in [7, 11) is -0.147. The van der Waals surface area contributed by atoms with Gasteiger partial charge in [-0.25, -0.2) is 13.1 Å². The van der Waals surface area contributed by atoms with Crippen LogP contribution >= 0.6 is 11.6 Å². The first-order valence-corrected chi connectivity index (χ1v) is 9.15. The van der Waals surface area contributed by atoms with Crippen LogP contribution in [0.1, 0.15) is 25.7 Å². The van der Waals surface area contributed by atoms with Crippen LogP contribution in [0.15, 0.2) is 23.1 Å². The van der Waals surface area contributed by atoms with Gasteiger partial charge in [-0.15, -0.1) is 0 Å². The van der Waals surface area contributed by atoms with Crippen LogP contribution in [0.3, 0.4) is 0 Å². The van der Waals surface area contributed by atoms with Crippen molar-refractivity contribution in [3.8, 4) is 0 Å². The minimum atomic E-state index is -3.99. The Morgan fingerprint density at radius 2 is 1.96 bits per heavy atom. The molecule has 1 aliphatic rings. The molecule has 7 nitrogen and oxygen atoms in total. The molecule has 1 aliphatic carbocycles. The number of nitrogens with one attached hydrogen (secondary N) is 1. The summed E-state index contributed by atoms with van der Waals surface area (Å²) in [6.45, 7) is 0.224. The fraction of sp³-hybridized carbons (Fsp3) is 0.571. The molecule has 0 saturated heterocycles. The van der Waals surface area contributed by atoms with Crippen molar-refractivity contribution in [1.82, 2.24) is 9.62 Å². The molecule has 0 spiro atoms. The lowest BCUT2D eigenvalue weighted by Gasteiger charge is -2.36. The summed E-state index contributed by atoms with van der Waals surface area (Å²) in [6, 6.07) is 3.55. The van der Waals surface area contributed by atoms with Gasteiger partial charge in [-0.05, 0) is 39.1 Å². The van der Waals surface area contributed by atoms with Crippen molar-refractivity contribution in [2.75, 3.05) is 20.6 Å². The number of hydrogen-bond donors (Lipinski definition) is 1. The lowest BCUT2D eigenvalue weighted by molar-refractivity contribution is -0.387. The van der Waals surface area contributed by atoms with Gasteiger partial charge in [0.1, 0.15) is 0 Å². The Kier molecular flexibility index (Phi) is 5.30. The molecule has 0 atom stereocenters. The summed E-state index contributed by atoms with van der Waals surface area (Å²) < 4.78 is 27.6. The Balaban J connectivity index is 2.28. The largest absolute Gasteiger partial charge is 0.302 e. The average molecular weight is 362 g/mol. The zero-order chi connectivity index (χ0) is 17.3. The molecule has 0 heterocycles. The minimum Gasteiger partial charge on any atom is -0.302 e. The predicted octanol–water partition coefficient (Wildman–Crippen LogP) is 2.40. The van der Waals surface area contributed by atoms with E-state index in [9.17, 15) is 18.5 Å². The van der Waals surface area contributed by atoms with Crippen molar-refractivity contribution >= 4 is 27.3 Å². The highest BCUT2D eigenvalue weighted by Gasteiger charge is 2.37. The van der Waals surface area contributed by atoms with Gasteiger partial charge in [0.25, 0.3) is 5.69 Å². The fourth-order valence-corrected chi connectivity index (χ4v) is 4.42. The number of hydrogen-bond acceptors (Lipinski definition) is 5. The standard InChI is InChI=1S/C14H20ClN3O4S/c1-17(2)14(7-3-4-8-14)10-16-23(21,22)13-6-5-11(15)9-12(13)18(19)20/h5-6,9,16H,3-4,7-8,10H2,1-2H3. The Hall–Kier alpha value is -1.22. The van der Waals surface area contributed by atoms with E-state index in [-0.39, 0.29) is 22.0 Å². The van der Waals surface area contributed by atoms with E-state index < -0.39 is 20.6 Å². The molecular weight excluding hydrogens is 342 g/mol. The lowest BCUT2D eigenvalue weighted by atomic mass is 9.97. The average Bonchev–Trinajstić information content (AvgIpc) is 2.95. The molecule has 1 fully saturated rings. The van der Waals surface area contributed by atoms with Crippen LogP contribution in [0.2, 0.25) is 5.02 Å². The lowest BCUT2D eigenvalue weighted by Crippen LogP contribution is -2.50. The highest BCUT2D eigenvalue weighted by molar-refractivity contribution is 7.89. The van der Waals surface area contributed by atoms with Crippen molar-refractivity contribution in [2.24, 2.45) is 0 Å². The molecular formula is C14H20ClN3O4S. The molecule has 9 heteroatoms. The zero-order valence-electron chi connectivity index (χ0n) is 13.1. The van der Waals surface area contributed by atoms with Crippen LogP contribution in [0.25, 0.3) is 0 Å². The smallest absolute Gasteiger partial charge is 0.290 e. The first kappa shape index (κ1) is 18.1. The van der Waals surface area contributed by atoms with E-state index in [2.05, 4.69) is 4.72 Å². The third-order valence-electron chi connectivity index (χ3n) is 4.48. The van der Waals surface area contributed by atoms with E-state index in [1.165, 1.54) is 12.1 Å². The maximum Gasteiger partial charge on any atom is 0.290 e. The highest BCUT2D eigenvalue weighted by Crippen LogP contribution is 2.34. The molecule has 23 heavy (non-hydrogen) atoms. The summed E-state index contributed by atoms with van der Waals surface area (Å²) in [4.78, 5) is 12.0. The number of likely N-dealkylation sites (N-methyl/N-ethyl adjacent to an activating group) is 1. The van der Waals surface area contributed by atoms with Crippen molar-refractivity contribution in [1.29, 1.82) is 0 Å². The van der Waals surface area contributed by atoms with Crippen LogP contribution < -0.4 is 4.72 Å². The first-order valence-electron chi connectivity index (χ1n) is 7.29. The Morgan fingerprint density at radius 3 is 2.48 bits per heavy atom. The zero-order valence-corrected chi connectivity index (χ0v) is 14.7. The third kappa shape index (κ3) is 3.82. The Bertz CT molecular complexity index is 700. The Morgan fingerprint density at radius 1 is 1.35 bits per heavy atom. The topological polar surface area (TPSA) is 92.6 Å². The van der Waals surface area contributed by atoms with E-state index >= 15 is 0 Å². The van der Waals surface area contributed by atoms with Crippen LogP contribution in [-0.4, -0.2) is 44.4 Å². The van der Waals surface area contributed by atoms with Crippen molar-refractivity contribution in [2.45, 2.75) is 36.1 Å². The summed E-state index contributed by atoms with van der Waals surface area (Å²) in [6.07, 6.45) is 3.87. The van der Waals surface area contributed by atoms with E-state index in [0.29, 0.717) is 0 Å². The second-order valence-corrected chi connectivity index (χ2v) is 8.19. The van der Waals surface area contributed by atoms with Crippen LogP contribution in [-0.2, 0) is 10.0 Å². The van der Waals surface area contributed by atoms with Gasteiger partial charge < -0.3 is 4.90 Å². The number of benzene rings is 1. The number of nitro benzene ring substituents is 1. The molecule has 0 bridgehead atoms. The summed E-state index contributed by atoms with van der Waals surface area (Å²) >= 11 is 5.73. The van der Waals surface area contributed by atoms with Gasteiger partial charge in [-0.2, -0.15) is 0 Å². The van der Waals surface area contributed by atoms with Crippen molar-refractivity contribution in [3.63, 3.8) is 0 Å². The number of nitro groups is 1. The normalized spacial score (nSPS) is 17.6. The molecule has 0 amide bonds. The van der Waals surface area contributed by atoms with E-state index in [1.807, 2.05) is 19.0 Å². The van der Waals surface area contributed by atoms with Gasteiger partial charge in [0.15, 0.2) is 4.90 Å². The number of rotatable bonds is 6. The molecule has 0 aromatic heterocycles. The number of halogens is 1. The van der Waals surface area contributed by atoms with Crippen LogP contribution in [0.4, 0.5) is 5.69 Å². The maximum atomic E-state index is 12.5. The molecule has 1 saturated carbocycles. The van der Waals surface area contributed by atoms with Gasteiger partial charge in [-0.3, -0.25) is 10.1 Å². The molecule has 128 valence electrons. The third-order valence-corrected chi connectivity index (χ3v) is 6.17. The monoisotopic (exact) mass is 361 g/mol. The van der Waals surface area contributed by atoms with E-state index in [0.717, 1.165) is 31.7 Å². The van der Waals surface area contributed by atoms with Gasteiger partial charge in [-0.1, -0.05) is 24.4 Å². The van der Waals surface area contributed by atoms with Crippen molar-refractivity contribution in [3.05, 3.63) is 33.3 Å². The van der Waals surface area contributed by atoms with E-state index in [4.69, 9.17) is 11.6 Å². The van der Waals surface area contributed by atoms with Gasteiger partial charge >= 0.3 is 0 Å². The molecule has 0 radical (unpaired) electrons. The highest BCUT2D eigenvalue weighted by atomic mass is 35.5. The van der Waals surface area contributed by atoms with Crippen molar-refractivity contribution < 1.29 is 13.3 Å². The molecule has 1 aromatic carbocycles. The van der Waals surface area contributed by atoms with Gasteiger partial charge in [0, 0.05) is 23.2 Å². The summed E-state index contributed by atoms with van der Waals surface area (Å²) in [5.41, 5.74) is -0.760. The fourth-order valence-electron chi connectivity index (χ4n) is 2.98. The second-order valence-electron chi connectivity index (χ2n) is 6.02. The molecule has 0 aliphatic heterocycles. The number of sulfonamides is 1. The van der Waals surface area contributed by atoms with Gasteiger partial charge in [0.2, 0.25) is 10.0 Å². The summed E-state index contributed by atoms with van der Waals surface area (Å²) in [5, 5.41) is 11.2. The predicted molar refractivity (Wildman–Crippen MR) is 88.2 cm³/mol. The number of nitrogens with zero attached hydrogens (tertiary/aromatic N) is 2. The van der Waals surface area contributed by atoms with E-state index in [1.54, 1.807) is 0 Å². The summed E-state index contributed by atoms with van der Waals surface area (Å²) in [5.74, 6) is 0. The van der Waals surface area contributed by atoms with Crippen LogP contribution in [0, 0.1) is 10.1 Å². The van der Waals surface area contributed by atoms with Gasteiger partial charge in [0.05, 0.1) is 4.92 Å². The Labute approximate surface area is 140 Å². The minimum absolute atomic E-state index is 0.121. The molecule has 0 unspecified atom stereocenters. The molecule has 2 rings (SSSR count). The first-order chi connectivity index (χ1) is 10.7. The maximum absolute atomic E-state index is 12.5. The second kappa shape index (κ2) is 6.72. The quantitative estimate of drug-likeness (QED) is 0.620. The SMILES string of the molecule is CN(C)C1(CNS(=O)(=O)c2ccc(Cl)cc2[N+](=O)[O-])CCCC1. The molecule has 1 aromatic rings. The van der Waals surface area contributed by atoms with Crippen LogP contribution in [0.5, 0.6) is 0 Å².